The molecule has 0 bridgehead atoms. The van der Waals surface area contributed by atoms with Crippen LogP contribution in [0.4, 0.5) is 0 Å². The fraction of sp³-hybridized carbons (Fsp3) is 0.300. The highest BCUT2D eigenvalue weighted by atomic mass is 32.1. The quantitative estimate of drug-likeness (QED) is 0.719. The average Bonchev–Trinajstić information content (AvgIpc) is 3.47. The third-order valence-electron chi connectivity index (χ3n) is 4.90. The van der Waals surface area contributed by atoms with Crippen molar-refractivity contribution in [2.45, 2.75) is 18.9 Å². The van der Waals surface area contributed by atoms with Crippen molar-refractivity contribution in [3.05, 3.63) is 53.0 Å². The summed E-state index contributed by atoms with van der Waals surface area (Å²) in [5.74, 6) is 1.41. The van der Waals surface area contributed by atoms with Crippen LogP contribution in [-0.4, -0.2) is 41.8 Å². The van der Waals surface area contributed by atoms with Crippen molar-refractivity contribution < 1.29 is 14.3 Å². The van der Waals surface area contributed by atoms with Crippen molar-refractivity contribution >= 4 is 17.2 Å². The molecule has 1 aliphatic rings. The Kier molecular flexibility index (Phi) is 4.85. The summed E-state index contributed by atoms with van der Waals surface area (Å²) in [5, 5.41) is 9.23. The number of carbonyl (C=O) groups is 1. The lowest BCUT2D eigenvalue weighted by atomic mass is 10.0. The normalized spacial score (nSPS) is 16.5. The number of benzene rings is 1. The number of likely N-dealkylation sites (tertiary alicyclic amines) is 1. The van der Waals surface area contributed by atoms with Crippen LogP contribution in [0.15, 0.2) is 41.8 Å². The Bertz CT molecular complexity index is 936. The van der Waals surface area contributed by atoms with E-state index >= 15 is 0 Å². The number of rotatable bonds is 5. The van der Waals surface area contributed by atoms with Crippen molar-refractivity contribution in [1.29, 1.82) is 0 Å². The van der Waals surface area contributed by atoms with Gasteiger partial charge in [-0.2, -0.15) is 5.10 Å². The second-order valence-electron chi connectivity index (χ2n) is 6.41. The number of aromatic amines is 1. The molecule has 1 aliphatic heterocycles. The SMILES string of the molecule is COc1ccc(C2CCCN2C(=O)c2cc(-c3cccs3)[nH]n2)c(OC)c1. The summed E-state index contributed by atoms with van der Waals surface area (Å²) >= 11 is 1.61. The molecule has 0 aliphatic carbocycles. The molecular weight excluding hydrogens is 362 g/mol. The lowest BCUT2D eigenvalue weighted by molar-refractivity contribution is 0.0728. The van der Waals surface area contributed by atoms with E-state index in [0.717, 1.165) is 40.5 Å². The van der Waals surface area contributed by atoms with Crippen molar-refractivity contribution in [3.8, 4) is 22.1 Å². The number of nitrogens with zero attached hydrogens (tertiary/aromatic N) is 2. The summed E-state index contributed by atoms with van der Waals surface area (Å²) in [7, 11) is 3.27. The lowest BCUT2D eigenvalue weighted by Gasteiger charge is -2.26. The summed E-state index contributed by atoms with van der Waals surface area (Å²) in [6, 6.07) is 11.5. The van der Waals surface area contributed by atoms with E-state index in [4.69, 9.17) is 9.47 Å². The molecule has 1 saturated heterocycles. The zero-order chi connectivity index (χ0) is 18.8. The zero-order valence-electron chi connectivity index (χ0n) is 15.3. The topological polar surface area (TPSA) is 67.5 Å². The van der Waals surface area contributed by atoms with Gasteiger partial charge in [0.05, 0.1) is 30.8 Å². The van der Waals surface area contributed by atoms with Crippen molar-refractivity contribution in [1.82, 2.24) is 15.1 Å². The number of methoxy groups -OCH3 is 2. The standard InChI is InChI=1S/C20H21N3O3S/c1-25-13-7-8-14(18(11-13)26-2)17-5-3-9-23(17)20(24)16-12-15(21-22-16)19-6-4-10-27-19/h4,6-8,10-12,17H,3,5,9H2,1-2H3,(H,21,22). The molecule has 3 aromatic rings. The smallest absolute Gasteiger partial charge is 0.274 e. The molecule has 1 unspecified atom stereocenters. The highest BCUT2D eigenvalue weighted by Crippen LogP contribution is 2.39. The molecule has 1 aromatic carbocycles. The van der Waals surface area contributed by atoms with E-state index in [9.17, 15) is 4.79 Å². The Hall–Kier alpha value is -2.80. The highest BCUT2D eigenvalue weighted by molar-refractivity contribution is 7.13. The van der Waals surface area contributed by atoms with Gasteiger partial charge in [0.2, 0.25) is 0 Å². The van der Waals surface area contributed by atoms with E-state index in [-0.39, 0.29) is 11.9 Å². The molecule has 1 N–H and O–H groups in total. The highest BCUT2D eigenvalue weighted by Gasteiger charge is 2.33. The molecule has 1 fully saturated rings. The largest absolute Gasteiger partial charge is 0.497 e. The molecule has 4 rings (SSSR count). The minimum absolute atomic E-state index is 0.0276. The first-order valence-electron chi connectivity index (χ1n) is 8.83. The van der Waals surface area contributed by atoms with Crippen LogP contribution in [0.1, 0.15) is 34.9 Å². The number of H-pyrrole nitrogens is 1. The van der Waals surface area contributed by atoms with Gasteiger partial charge in [0.15, 0.2) is 5.69 Å². The Morgan fingerprint density at radius 3 is 2.89 bits per heavy atom. The fourth-order valence-corrected chi connectivity index (χ4v) is 4.26. The van der Waals surface area contributed by atoms with Crippen LogP contribution < -0.4 is 9.47 Å². The number of ether oxygens (including phenoxy) is 2. The van der Waals surface area contributed by atoms with E-state index in [0.29, 0.717) is 12.2 Å². The maximum Gasteiger partial charge on any atom is 0.274 e. The van der Waals surface area contributed by atoms with Gasteiger partial charge in [0.25, 0.3) is 5.91 Å². The lowest BCUT2D eigenvalue weighted by Crippen LogP contribution is -2.31. The zero-order valence-corrected chi connectivity index (χ0v) is 16.1. The van der Waals surface area contributed by atoms with Crippen LogP contribution in [0.2, 0.25) is 0 Å². The summed E-state index contributed by atoms with van der Waals surface area (Å²) in [5.41, 5.74) is 2.31. The first-order chi connectivity index (χ1) is 13.2. The number of nitrogens with one attached hydrogen (secondary N) is 1. The molecule has 1 amide bonds. The molecule has 0 radical (unpaired) electrons. The Balaban J connectivity index is 1.61. The maximum absolute atomic E-state index is 13.1. The monoisotopic (exact) mass is 383 g/mol. The van der Waals surface area contributed by atoms with Gasteiger partial charge in [-0.15, -0.1) is 11.3 Å². The van der Waals surface area contributed by atoms with E-state index in [2.05, 4.69) is 10.2 Å². The first kappa shape index (κ1) is 17.6. The average molecular weight is 383 g/mol. The van der Waals surface area contributed by atoms with Gasteiger partial charge in [-0.1, -0.05) is 6.07 Å². The van der Waals surface area contributed by atoms with Gasteiger partial charge >= 0.3 is 0 Å². The number of hydrogen-bond donors (Lipinski definition) is 1. The molecular formula is C20H21N3O3S. The third-order valence-corrected chi connectivity index (χ3v) is 5.80. The summed E-state index contributed by atoms with van der Waals surface area (Å²) in [6.07, 6.45) is 1.85. The minimum Gasteiger partial charge on any atom is -0.497 e. The molecule has 3 heterocycles. The number of hydrogen-bond acceptors (Lipinski definition) is 5. The van der Waals surface area contributed by atoms with Crippen LogP contribution in [0.5, 0.6) is 11.5 Å². The number of aromatic nitrogens is 2. The van der Waals surface area contributed by atoms with E-state index in [1.165, 1.54) is 0 Å². The maximum atomic E-state index is 13.1. The van der Waals surface area contributed by atoms with E-state index in [1.807, 2.05) is 46.7 Å². The molecule has 140 valence electrons. The second-order valence-corrected chi connectivity index (χ2v) is 7.36. The van der Waals surface area contributed by atoms with Gasteiger partial charge in [0.1, 0.15) is 11.5 Å². The summed E-state index contributed by atoms with van der Waals surface area (Å²) in [4.78, 5) is 16.1. The van der Waals surface area contributed by atoms with E-state index < -0.39 is 0 Å². The summed E-state index contributed by atoms with van der Waals surface area (Å²) in [6.45, 7) is 0.708. The van der Waals surface area contributed by atoms with Crippen molar-refractivity contribution in [3.63, 3.8) is 0 Å². The number of amides is 1. The van der Waals surface area contributed by atoms with Gasteiger partial charge in [-0.05, 0) is 42.5 Å². The Morgan fingerprint density at radius 1 is 1.26 bits per heavy atom. The predicted molar refractivity (Wildman–Crippen MR) is 104 cm³/mol. The van der Waals surface area contributed by atoms with Gasteiger partial charge in [0, 0.05) is 18.2 Å². The Labute approximate surface area is 161 Å². The predicted octanol–water partition coefficient (Wildman–Crippen LogP) is 4.13. The van der Waals surface area contributed by atoms with Gasteiger partial charge < -0.3 is 14.4 Å². The molecule has 0 saturated carbocycles. The fourth-order valence-electron chi connectivity index (χ4n) is 3.56. The minimum atomic E-state index is -0.0607. The van der Waals surface area contributed by atoms with Crippen LogP contribution in [0, 0.1) is 0 Å². The first-order valence-corrected chi connectivity index (χ1v) is 9.71. The number of carbonyl (C=O) groups excluding carboxylic acids is 1. The summed E-state index contributed by atoms with van der Waals surface area (Å²) < 4.78 is 10.8. The molecule has 6 nitrogen and oxygen atoms in total. The Morgan fingerprint density at radius 2 is 2.15 bits per heavy atom. The molecule has 7 heteroatoms. The van der Waals surface area contributed by atoms with Crippen LogP contribution in [0.3, 0.4) is 0 Å². The van der Waals surface area contributed by atoms with Crippen molar-refractivity contribution in [2.75, 3.05) is 20.8 Å². The molecule has 27 heavy (non-hydrogen) atoms. The van der Waals surface area contributed by atoms with Gasteiger partial charge in [-0.3, -0.25) is 9.89 Å². The second kappa shape index (κ2) is 7.44. The van der Waals surface area contributed by atoms with Crippen molar-refractivity contribution in [2.24, 2.45) is 0 Å². The molecule has 2 aromatic heterocycles. The van der Waals surface area contributed by atoms with E-state index in [1.54, 1.807) is 25.6 Å². The third kappa shape index (κ3) is 3.30. The van der Waals surface area contributed by atoms with Crippen LogP contribution >= 0.6 is 11.3 Å². The van der Waals surface area contributed by atoms with Crippen LogP contribution in [0.25, 0.3) is 10.6 Å². The molecule has 1 atom stereocenters. The molecule has 0 spiro atoms. The van der Waals surface area contributed by atoms with Crippen LogP contribution in [-0.2, 0) is 0 Å². The number of thiophene rings is 1. The van der Waals surface area contributed by atoms with Gasteiger partial charge in [-0.25, -0.2) is 0 Å².